The zero-order valence-electron chi connectivity index (χ0n) is 11.4. The zero-order valence-corrected chi connectivity index (χ0v) is 11.4. The van der Waals surface area contributed by atoms with Crippen LogP contribution in [0.4, 0.5) is 11.4 Å². The summed E-state index contributed by atoms with van der Waals surface area (Å²) in [6, 6.07) is 15.0. The minimum absolute atomic E-state index is 0.897. The standard InChI is InChI=1S/C17H20N2/c1-13-8-9-16(18)15(11-13)12-19-10-4-6-14-5-2-3-7-17(14)19/h2-3,5,7-9,11H,4,6,10,12,18H2,1H3. The van der Waals surface area contributed by atoms with Gasteiger partial charge in [0, 0.05) is 24.5 Å². The molecular formula is C17H20N2. The number of fused-ring (bicyclic) bond motifs is 1. The topological polar surface area (TPSA) is 29.3 Å². The molecule has 1 heterocycles. The van der Waals surface area contributed by atoms with Crippen molar-refractivity contribution in [2.45, 2.75) is 26.3 Å². The van der Waals surface area contributed by atoms with Gasteiger partial charge in [-0.1, -0.05) is 35.9 Å². The summed E-state index contributed by atoms with van der Waals surface area (Å²) in [5.41, 5.74) is 12.3. The fraction of sp³-hybridized carbons (Fsp3) is 0.294. The number of anilines is 2. The lowest BCUT2D eigenvalue weighted by Crippen LogP contribution is -2.29. The Kier molecular flexibility index (Phi) is 3.16. The molecule has 0 fully saturated rings. The minimum atomic E-state index is 0.897. The Balaban J connectivity index is 1.90. The smallest absolute Gasteiger partial charge is 0.0450 e. The largest absolute Gasteiger partial charge is 0.398 e. The second kappa shape index (κ2) is 4.96. The van der Waals surface area contributed by atoms with Crippen LogP contribution in [0.3, 0.4) is 0 Å². The van der Waals surface area contributed by atoms with Gasteiger partial charge in [-0.15, -0.1) is 0 Å². The van der Waals surface area contributed by atoms with Crippen molar-refractivity contribution in [1.29, 1.82) is 0 Å². The number of para-hydroxylation sites is 1. The van der Waals surface area contributed by atoms with Crippen LogP contribution in [0.1, 0.15) is 23.1 Å². The quantitative estimate of drug-likeness (QED) is 0.828. The molecule has 3 rings (SSSR count). The highest BCUT2D eigenvalue weighted by Crippen LogP contribution is 2.29. The van der Waals surface area contributed by atoms with Crippen molar-refractivity contribution in [1.82, 2.24) is 0 Å². The van der Waals surface area contributed by atoms with E-state index in [1.807, 2.05) is 6.07 Å². The summed E-state index contributed by atoms with van der Waals surface area (Å²) < 4.78 is 0. The Labute approximate surface area is 114 Å². The van der Waals surface area contributed by atoms with E-state index in [1.54, 1.807) is 0 Å². The summed E-state index contributed by atoms with van der Waals surface area (Å²) >= 11 is 0. The van der Waals surface area contributed by atoms with Gasteiger partial charge in [-0.2, -0.15) is 0 Å². The summed E-state index contributed by atoms with van der Waals surface area (Å²) in [6.45, 7) is 4.14. The molecule has 0 spiro atoms. The number of nitrogen functional groups attached to an aromatic ring is 1. The maximum atomic E-state index is 6.10. The number of nitrogens with zero attached hydrogens (tertiary/aromatic N) is 1. The molecule has 2 N–H and O–H groups in total. The fourth-order valence-electron chi connectivity index (χ4n) is 2.85. The average Bonchev–Trinajstić information content (AvgIpc) is 2.43. The van der Waals surface area contributed by atoms with Crippen molar-refractivity contribution in [3.05, 3.63) is 59.2 Å². The minimum Gasteiger partial charge on any atom is -0.398 e. The molecule has 98 valence electrons. The molecule has 0 aromatic heterocycles. The molecule has 0 radical (unpaired) electrons. The third-order valence-corrected chi connectivity index (χ3v) is 3.87. The molecule has 0 amide bonds. The predicted octanol–water partition coefficient (Wildman–Crippen LogP) is 3.53. The lowest BCUT2D eigenvalue weighted by Gasteiger charge is -2.31. The monoisotopic (exact) mass is 252 g/mol. The van der Waals surface area contributed by atoms with Gasteiger partial charge < -0.3 is 10.6 Å². The lowest BCUT2D eigenvalue weighted by atomic mass is 10.0. The van der Waals surface area contributed by atoms with Crippen LogP contribution in [-0.4, -0.2) is 6.54 Å². The van der Waals surface area contributed by atoms with Gasteiger partial charge in [-0.25, -0.2) is 0 Å². The van der Waals surface area contributed by atoms with E-state index in [0.29, 0.717) is 0 Å². The molecule has 2 nitrogen and oxygen atoms in total. The third-order valence-electron chi connectivity index (χ3n) is 3.87. The summed E-state index contributed by atoms with van der Waals surface area (Å²) in [4.78, 5) is 2.45. The summed E-state index contributed by atoms with van der Waals surface area (Å²) in [5.74, 6) is 0. The van der Waals surface area contributed by atoms with E-state index in [4.69, 9.17) is 5.73 Å². The first-order valence-corrected chi connectivity index (χ1v) is 6.92. The van der Waals surface area contributed by atoms with Crippen LogP contribution in [0.5, 0.6) is 0 Å². The van der Waals surface area contributed by atoms with Crippen LogP contribution in [0.25, 0.3) is 0 Å². The molecule has 0 bridgehead atoms. The zero-order chi connectivity index (χ0) is 13.2. The Bertz CT molecular complexity index is 590. The Morgan fingerprint density at radius 1 is 1.16 bits per heavy atom. The van der Waals surface area contributed by atoms with Crippen molar-refractivity contribution in [3.63, 3.8) is 0 Å². The number of benzene rings is 2. The van der Waals surface area contributed by atoms with Crippen molar-refractivity contribution in [2.75, 3.05) is 17.2 Å². The molecule has 2 aromatic carbocycles. The van der Waals surface area contributed by atoms with Gasteiger partial charge in [0.25, 0.3) is 0 Å². The number of aryl methyl sites for hydroxylation is 2. The van der Waals surface area contributed by atoms with Gasteiger partial charge in [0.05, 0.1) is 0 Å². The molecule has 0 saturated carbocycles. The van der Waals surface area contributed by atoms with Gasteiger partial charge >= 0.3 is 0 Å². The second-order valence-corrected chi connectivity index (χ2v) is 5.36. The van der Waals surface area contributed by atoms with E-state index in [0.717, 1.165) is 18.8 Å². The van der Waals surface area contributed by atoms with Crippen molar-refractivity contribution in [2.24, 2.45) is 0 Å². The molecule has 2 aromatic rings. The van der Waals surface area contributed by atoms with Crippen LogP contribution in [0.2, 0.25) is 0 Å². The van der Waals surface area contributed by atoms with E-state index in [9.17, 15) is 0 Å². The van der Waals surface area contributed by atoms with Crippen molar-refractivity contribution >= 4 is 11.4 Å². The van der Waals surface area contributed by atoms with Gasteiger partial charge in [-0.3, -0.25) is 0 Å². The first-order chi connectivity index (χ1) is 9.24. The number of hydrogen-bond acceptors (Lipinski definition) is 2. The van der Waals surface area contributed by atoms with Crippen LogP contribution in [0.15, 0.2) is 42.5 Å². The summed E-state index contributed by atoms with van der Waals surface area (Å²) in [5, 5.41) is 0. The maximum Gasteiger partial charge on any atom is 0.0450 e. The molecule has 2 heteroatoms. The molecule has 0 atom stereocenters. The highest BCUT2D eigenvalue weighted by atomic mass is 15.1. The Morgan fingerprint density at radius 3 is 2.89 bits per heavy atom. The van der Waals surface area contributed by atoms with Crippen molar-refractivity contribution < 1.29 is 0 Å². The lowest BCUT2D eigenvalue weighted by molar-refractivity contribution is 0.692. The second-order valence-electron chi connectivity index (χ2n) is 5.36. The highest BCUT2D eigenvalue weighted by Gasteiger charge is 2.16. The highest BCUT2D eigenvalue weighted by molar-refractivity contribution is 5.58. The maximum absolute atomic E-state index is 6.10. The van der Waals surface area contributed by atoms with Crippen LogP contribution in [-0.2, 0) is 13.0 Å². The molecule has 0 unspecified atom stereocenters. The van der Waals surface area contributed by atoms with Gasteiger partial charge in [-0.05, 0) is 43.0 Å². The third kappa shape index (κ3) is 2.43. The molecule has 1 aliphatic heterocycles. The molecule has 19 heavy (non-hydrogen) atoms. The van der Waals surface area contributed by atoms with E-state index < -0.39 is 0 Å². The van der Waals surface area contributed by atoms with E-state index in [2.05, 4.69) is 48.2 Å². The molecular weight excluding hydrogens is 232 g/mol. The van der Waals surface area contributed by atoms with Crippen LogP contribution < -0.4 is 10.6 Å². The molecule has 0 aliphatic carbocycles. The first-order valence-electron chi connectivity index (χ1n) is 6.92. The van der Waals surface area contributed by atoms with E-state index >= 15 is 0 Å². The first kappa shape index (κ1) is 12.1. The van der Waals surface area contributed by atoms with Gasteiger partial charge in [0.1, 0.15) is 0 Å². The predicted molar refractivity (Wildman–Crippen MR) is 81.4 cm³/mol. The van der Waals surface area contributed by atoms with Crippen molar-refractivity contribution in [3.8, 4) is 0 Å². The van der Waals surface area contributed by atoms with E-state index in [1.165, 1.54) is 35.2 Å². The Morgan fingerprint density at radius 2 is 2.00 bits per heavy atom. The van der Waals surface area contributed by atoms with Crippen LogP contribution >= 0.6 is 0 Å². The normalized spacial score (nSPS) is 14.3. The summed E-state index contributed by atoms with van der Waals surface area (Å²) in [6.07, 6.45) is 2.42. The van der Waals surface area contributed by atoms with Gasteiger partial charge in [0.15, 0.2) is 0 Å². The average molecular weight is 252 g/mol. The van der Waals surface area contributed by atoms with Gasteiger partial charge in [0.2, 0.25) is 0 Å². The molecule has 0 saturated heterocycles. The Hall–Kier alpha value is -1.96. The number of hydrogen-bond donors (Lipinski definition) is 1. The van der Waals surface area contributed by atoms with Crippen LogP contribution in [0, 0.1) is 6.92 Å². The molecule has 1 aliphatic rings. The fourth-order valence-corrected chi connectivity index (χ4v) is 2.85. The SMILES string of the molecule is Cc1ccc(N)c(CN2CCCc3ccccc32)c1. The summed E-state index contributed by atoms with van der Waals surface area (Å²) in [7, 11) is 0. The number of rotatable bonds is 2. The van der Waals surface area contributed by atoms with E-state index in [-0.39, 0.29) is 0 Å². The number of nitrogens with two attached hydrogens (primary N) is 1.